The smallest absolute Gasteiger partial charge is 0.101 e. The fourth-order valence-electron chi connectivity index (χ4n) is 15.7. The van der Waals surface area contributed by atoms with Crippen LogP contribution in [-0.2, 0) is 0 Å². The van der Waals surface area contributed by atoms with Crippen molar-refractivity contribution in [1.82, 2.24) is 28.2 Å². The number of aromatic nitrogens is 6. The molecule has 0 bridgehead atoms. The van der Waals surface area contributed by atoms with Gasteiger partial charge in [0.2, 0.25) is 0 Å². The molecular weight excluding hydrogens is 1250 g/mol. The van der Waals surface area contributed by atoms with Crippen molar-refractivity contribution in [1.29, 1.82) is 21.0 Å². The molecule has 102 heavy (non-hydrogen) atoms. The minimum absolute atomic E-state index is 0.296. The molecule has 10 nitrogen and oxygen atoms in total. The number of hydrogen-bond donors (Lipinski definition) is 0. The lowest BCUT2D eigenvalue weighted by Gasteiger charge is -2.20. The van der Waals surface area contributed by atoms with Gasteiger partial charge in [0.25, 0.3) is 0 Å². The number of hydrogen-bond acceptors (Lipinski definition) is 6. The van der Waals surface area contributed by atoms with Crippen LogP contribution in [0.2, 0.25) is 0 Å². The predicted octanol–water partition coefficient (Wildman–Crippen LogP) is 22.4. The molecule has 0 unspecified atom stereocenters. The SMILES string of the molecule is N#Cc1cnc(-c2cccc(-c3cc(-c4cccc(-n5c6ccccc6c6cc(-n7c8ccccc8c8ccccc87)ccc65)c4)c(-c4cccc(-c5ncc(C#N)cc5C#N)c4)cc3-c3cccc(-n4c5ccccc5c5cc(-n6c7ccccc7c7ccccc76)ccc54)c3)c2)c(C#N)c1. The maximum Gasteiger partial charge on any atom is 0.101 e. The lowest BCUT2D eigenvalue weighted by atomic mass is 9.84. The van der Waals surface area contributed by atoms with Crippen LogP contribution < -0.4 is 0 Å². The summed E-state index contributed by atoms with van der Waals surface area (Å²) in [5.74, 6) is 0. The summed E-state index contributed by atoms with van der Waals surface area (Å²) in [4.78, 5) is 9.48. The van der Waals surface area contributed by atoms with Gasteiger partial charge >= 0.3 is 0 Å². The third-order valence-corrected chi connectivity index (χ3v) is 20.1. The molecule has 6 aromatic heterocycles. The molecule has 0 spiro atoms. The number of rotatable bonds is 10. The lowest BCUT2D eigenvalue weighted by molar-refractivity contribution is 1.16. The molecular formula is C92H52N10. The van der Waals surface area contributed by atoms with E-state index in [1.54, 1.807) is 12.1 Å². The van der Waals surface area contributed by atoms with Gasteiger partial charge in [-0.3, -0.25) is 9.97 Å². The maximum atomic E-state index is 10.6. The summed E-state index contributed by atoms with van der Waals surface area (Å²) in [6, 6.07) is 116. The molecule has 6 heterocycles. The van der Waals surface area contributed by atoms with E-state index in [0.717, 1.165) is 144 Å². The Hall–Kier alpha value is -14.7. The first-order valence-corrected chi connectivity index (χ1v) is 33.7. The van der Waals surface area contributed by atoms with E-state index in [1.165, 1.54) is 33.9 Å². The van der Waals surface area contributed by atoms with Gasteiger partial charge in [0.05, 0.1) is 77.8 Å². The Labute approximate surface area is 585 Å². The Morgan fingerprint density at radius 3 is 0.814 bits per heavy atom. The van der Waals surface area contributed by atoms with Crippen molar-refractivity contribution in [3.63, 3.8) is 0 Å². The van der Waals surface area contributed by atoms with Crippen molar-refractivity contribution < 1.29 is 0 Å². The Morgan fingerprint density at radius 2 is 0.490 bits per heavy atom. The number of para-hydroxylation sites is 6. The molecule has 0 saturated heterocycles. The fourth-order valence-corrected chi connectivity index (χ4v) is 15.7. The van der Waals surface area contributed by atoms with Gasteiger partial charge in [-0.15, -0.1) is 0 Å². The Kier molecular flexibility index (Phi) is 13.5. The summed E-state index contributed by atoms with van der Waals surface area (Å²) in [7, 11) is 0. The van der Waals surface area contributed by atoms with Crippen molar-refractivity contribution in [3.8, 4) is 114 Å². The summed E-state index contributed by atoms with van der Waals surface area (Å²) >= 11 is 0. The van der Waals surface area contributed by atoms with Crippen molar-refractivity contribution in [2.45, 2.75) is 0 Å². The van der Waals surface area contributed by atoms with Gasteiger partial charge in [-0.2, -0.15) is 21.0 Å². The van der Waals surface area contributed by atoms with Gasteiger partial charge in [-0.25, -0.2) is 0 Å². The van der Waals surface area contributed by atoms with Gasteiger partial charge < -0.3 is 18.3 Å². The summed E-state index contributed by atoms with van der Waals surface area (Å²) < 4.78 is 9.48. The van der Waals surface area contributed by atoms with Crippen LogP contribution in [0.1, 0.15) is 22.3 Å². The van der Waals surface area contributed by atoms with Gasteiger partial charge in [-0.1, -0.05) is 170 Å². The largest absolute Gasteiger partial charge is 0.309 e. The maximum absolute atomic E-state index is 10.6. The standard InChI is InChI=1S/C92H52N10/c93-51-57-41-65(53-95)91(97-55-57)63-21-13-17-59(43-63)77-50-80(62-20-16-24-68(46-62)100-88-36-12-6-30-76(88)82-48-70(38-40-90(82)100)102-85-33-9-3-27-73(85)74-28-4-10-34-86(74)102)78(60-18-14-22-64(44-60)92-66(54-96)42-58(52-94)56-98-92)49-79(77)61-19-15-23-67(45-61)99-87-35-11-5-29-75(87)81-47-69(37-39-89(81)99)101-83-31-7-1-25-71(83)72-26-2-8-32-84(72)101/h1-50,55-56H. The molecule has 0 atom stereocenters. The van der Waals surface area contributed by atoms with Crippen molar-refractivity contribution >= 4 is 87.2 Å². The molecule has 0 saturated carbocycles. The van der Waals surface area contributed by atoms with Crippen LogP contribution in [0.4, 0.5) is 0 Å². The van der Waals surface area contributed by atoms with Gasteiger partial charge in [0.15, 0.2) is 0 Å². The van der Waals surface area contributed by atoms with E-state index in [2.05, 4.69) is 309 Å². The molecule has 19 rings (SSSR count). The third kappa shape index (κ3) is 9.31. The van der Waals surface area contributed by atoms with Gasteiger partial charge in [0, 0.05) is 89.4 Å². The predicted molar refractivity (Wildman–Crippen MR) is 411 cm³/mol. The summed E-state index contributed by atoms with van der Waals surface area (Å²) in [5.41, 5.74) is 23.8. The van der Waals surface area contributed by atoms with E-state index in [4.69, 9.17) is 9.97 Å². The zero-order valence-corrected chi connectivity index (χ0v) is 54.5. The molecule has 10 heteroatoms. The average molecular weight is 1300 g/mol. The van der Waals surface area contributed by atoms with Gasteiger partial charge in [0.1, 0.15) is 24.3 Å². The summed E-state index contributed by atoms with van der Waals surface area (Å²) in [5, 5.41) is 50.3. The number of fused-ring (bicyclic) bond motifs is 12. The van der Waals surface area contributed by atoms with Crippen LogP contribution in [-0.4, -0.2) is 28.2 Å². The molecule has 0 amide bonds. The van der Waals surface area contributed by atoms with E-state index in [0.29, 0.717) is 33.6 Å². The van der Waals surface area contributed by atoms with Crippen LogP contribution in [0.3, 0.4) is 0 Å². The Bertz CT molecular complexity index is 6440. The summed E-state index contributed by atoms with van der Waals surface area (Å²) in [6.45, 7) is 0. The second-order valence-corrected chi connectivity index (χ2v) is 25.7. The molecule has 0 aliphatic rings. The third-order valence-electron chi connectivity index (χ3n) is 20.1. The molecule has 470 valence electrons. The number of nitrogens with zero attached hydrogens (tertiary/aromatic N) is 10. The van der Waals surface area contributed by atoms with Crippen LogP contribution in [0.15, 0.2) is 316 Å². The first kappa shape index (κ1) is 58.7. The Morgan fingerprint density at radius 1 is 0.216 bits per heavy atom. The number of pyridine rings is 2. The van der Waals surface area contributed by atoms with E-state index in [-0.39, 0.29) is 0 Å². The monoisotopic (exact) mass is 1300 g/mol. The highest BCUT2D eigenvalue weighted by Gasteiger charge is 2.24. The number of nitriles is 4. The van der Waals surface area contributed by atoms with Gasteiger partial charge in [-0.05, 0) is 178 Å². The molecule has 0 aliphatic heterocycles. The normalized spacial score (nSPS) is 11.5. The Balaban J connectivity index is 0.839. The van der Waals surface area contributed by atoms with Crippen LogP contribution >= 0.6 is 0 Å². The van der Waals surface area contributed by atoms with E-state index in [9.17, 15) is 21.0 Å². The quantitative estimate of drug-likeness (QED) is 0.134. The van der Waals surface area contributed by atoms with Crippen LogP contribution in [0.25, 0.3) is 177 Å². The van der Waals surface area contributed by atoms with E-state index in [1.807, 2.05) is 24.3 Å². The van der Waals surface area contributed by atoms with Crippen molar-refractivity contribution in [2.75, 3.05) is 0 Å². The first-order valence-electron chi connectivity index (χ1n) is 33.7. The molecule has 0 aliphatic carbocycles. The minimum Gasteiger partial charge on any atom is -0.309 e. The highest BCUT2D eigenvalue weighted by atomic mass is 15.0. The average Bonchev–Trinajstić information content (AvgIpc) is 1.45. The van der Waals surface area contributed by atoms with E-state index < -0.39 is 0 Å². The van der Waals surface area contributed by atoms with Crippen LogP contribution in [0, 0.1) is 45.3 Å². The zero-order valence-electron chi connectivity index (χ0n) is 54.5. The zero-order chi connectivity index (χ0) is 68.1. The molecule has 0 N–H and O–H groups in total. The highest BCUT2D eigenvalue weighted by Crippen LogP contribution is 2.47. The first-order chi connectivity index (χ1) is 50.4. The molecule has 0 radical (unpaired) electrons. The van der Waals surface area contributed by atoms with E-state index >= 15 is 0 Å². The molecule has 0 fully saturated rings. The summed E-state index contributed by atoms with van der Waals surface area (Å²) in [6.07, 6.45) is 3.03. The lowest BCUT2D eigenvalue weighted by Crippen LogP contribution is -1.98. The second kappa shape index (κ2) is 23.6. The van der Waals surface area contributed by atoms with Crippen LogP contribution in [0.5, 0.6) is 0 Å². The fraction of sp³-hybridized carbons (Fsp3) is 0. The minimum atomic E-state index is 0.296. The molecule has 13 aromatic carbocycles. The topological polar surface area (TPSA) is 141 Å². The second-order valence-electron chi connectivity index (χ2n) is 25.7. The van der Waals surface area contributed by atoms with Crippen molar-refractivity contribution in [2.24, 2.45) is 0 Å². The highest BCUT2D eigenvalue weighted by molar-refractivity contribution is 6.14. The number of benzene rings is 13. The molecule has 19 aromatic rings. The van der Waals surface area contributed by atoms with Crippen molar-refractivity contribution in [3.05, 3.63) is 338 Å².